The fourth-order valence-corrected chi connectivity index (χ4v) is 6.69. The maximum atomic E-state index is 12.2. The van der Waals surface area contributed by atoms with Crippen LogP contribution in [-0.4, -0.2) is 24.6 Å². The normalized spacial score (nSPS) is 12.3. The lowest BCUT2D eigenvalue weighted by molar-refractivity contribution is -0.158. The Morgan fingerprint density at radius 1 is 0.392 bits per heavy atom. The van der Waals surface area contributed by atoms with Crippen LogP contribution in [0, 0.1) is 0 Å². The van der Waals surface area contributed by atoms with E-state index in [2.05, 4.69) is 38.2 Å². The molecule has 4 heteroatoms. The van der Waals surface area contributed by atoms with Gasteiger partial charge in [-0.3, -0.25) is 9.59 Å². The van der Waals surface area contributed by atoms with E-state index in [1.54, 1.807) is 0 Å². The van der Waals surface area contributed by atoms with E-state index in [1.165, 1.54) is 193 Å². The first kappa shape index (κ1) is 49.4. The third-order valence-corrected chi connectivity index (χ3v) is 10.1. The lowest BCUT2D eigenvalue weighted by atomic mass is 10.1. The largest absolute Gasteiger partial charge is 0.462 e. The summed E-state index contributed by atoms with van der Waals surface area (Å²) in [6, 6.07) is 0. The monoisotopic (exact) mass is 717 g/mol. The van der Waals surface area contributed by atoms with Gasteiger partial charge in [0.1, 0.15) is 12.7 Å². The van der Waals surface area contributed by atoms with Gasteiger partial charge in [0.05, 0.1) is 0 Å². The third kappa shape index (κ3) is 42.7. The van der Waals surface area contributed by atoms with E-state index in [-0.39, 0.29) is 24.6 Å². The zero-order valence-corrected chi connectivity index (χ0v) is 34.7. The minimum atomic E-state index is -0.376. The molecule has 1 atom stereocenters. The van der Waals surface area contributed by atoms with Crippen molar-refractivity contribution in [2.24, 2.45) is 0 Å². The molecular formula is C47H88O4. The molecule has 1 unspecified atom stereocenters. The number of carbonyl (C=O) groups excluding carboxylic acids is 2. The fraction of sp³-hybridized carbons (Fsp3) is 0.872. The maximum absolute atomic E-state index is 12.2. The van der Waals surface area contributed by atoms with Crippen LogP contribution < -0.4 is 0 Å². The Labute approximate surface area is 319 Å². The Bertz CT molecular complexity index is 772. The smallest absolute Gasteiger partial charge is 0.306 e. The minimum absolute atomic E-state index is 0.162. The molecule has 0 N–H and O–H groups in total. The highest BCUT2D eigenvalue weighted by Gasteiger charge is 2.12. The van der Waals surface area contributed by atoms with Gasteiger partial charge in [-0.15, -0.1) is 0 Å². The van der Waals surface area contributed by atoms with Crippen LogP contribution in [0.5, 0.6) is 0 Å². The minimum Gasteiger partial charge on any atom is -0.462 e. The second kappa shape index (κ2) is 42.8. The van der Waals surface area contributed by atoms with Crippen molar-refractivity contribution in [3.05, 3.63) is 24.3 Å². The number of rotatable bonds is 41. The fourth-order valence-electron chi connectivity index (χ4n) is 6.69. The molecular weight excluding hydrogens is 629 g/mol. The molecule has 0 spiro atoms. The second-order valence-corrected chi connectivity index (χ2v) is 15.5. The van der Waals surface area contributed by atoms with Crippen molar-refractivity contribution in [1.82, 2.24) is 0 Å². The van der Waals surface area contributed by atoms with Crippen LogP contribution >= 0.6 is 0 Å². The second-order valence-electron chi connectivity index (χ2n) is 15.5. The summed E-state index contributed by atoms with van der Waals surface area (Å²) >= 11 is 0. The van der Waals surface area contributed by atoms with Crippen molar-refractivity contribution in [1.29, 1.82) is 0 Å². The number of ether oxygens (including phenoxy) is 2. The highest BCUT2D eigenvalue weighted by molar-refractivity contribution is 5.70. The van der Waals surface area contributed by atoms with Crippen molar-refractivity contribution in [3.8, 4) is 0 Å². The number of esters is 2. The molecule has 300 valence electrons. The molecule has 0 fully saturated rings. The zero-order chi connectivity index (χ0) is 37.1. The number of hydrogen-bond acceptors (Lipinski definition) is 4. The van der Waals surface area contributed by atoms with E-state index >= 15 is 0 Å². The van der Waals surface area contributed by atoms with Crippen LogP contribution in [0.4, 0.5) is 0 Å². The van der Waals surface area contributed by atoms with E-state index in [0.717, 1.165) is 25.7 Å². The van der Waals surface area contributed by atoms with Crippen LogP contribution in [-0.2, 0) is 19.1 Å². The summed E-state index contributed by atoms with van der Waals surface area (Å²) in [6.45, 7) is 6.53. The molecule has 0 aliphatic heterocycles. The van der Waals surface area contributed by atoms with Gasteiger partial charge >= 0.3 is 11.9 Å². The summed E-state index contributed by atoms with van der Waals surface area (Å²) < 4.78 is 10.8. The van der Waals surface area contributed by atoms with Gasteiger partial charge in [0.2, 0.25) is 0 Å². The van der Waals surface area contributed by atoms with Gasteiger partial charge in [0.15, 0.2) is 0 Å². The van der Waals surface area contributed by atoms with Gasteiger partial charge in [0.25, 0.3) is 0 Å². The van der Waals surface area contributed by atoms with Gasteiger partial charge < -0.3 is 9.47 Å². The molecule has 0 aromatic carbocycles. The topological polar surface area (TPSA) is 52.6 Å². The van der Waals surface area contributed by atoms with Crippen LogP contribution in [0.3, 0.4) is 0 Å². The molecule has 0 aromatic heterocycles. The van der Waals surface area contributed by atoms with Gasteiger partial charge in [-0.1, -0.05) is 192 Å². The number of hydrogen-bond donors (Lipinski definition) is 0. The lowest BCUT2D eigenvalue weighted by Gasteiger charge is -2.13. The highest BCUT2D eigenvalue weighted by atomic mass is 16.6. The SMILES string of the molecule is CCCCCCCC/C=C\CCCCCCCCCCCC(=O)OCC(C)OC(=O)CCCCCCCCCCC/C=C\CCCCCCCC. The third-order valence-electron chi connectivity index (χ3n) is 10.1. The molecule has 0 heterocycles. The van der Waals surface area contributed by atoms with Crippen LogP contribution in [0.2, 0.25) is 0 Å². The molecule has 0 aromatic rings. The Morgan fingerprint density at radius 2 is 0.667 bits per heavy atom. The molecule has 0 amide bonds. The average Bonchev–Trinajstić information content (AvgIpc) is 3.12. The Balaban J connectivity index is 3.40. The standard InChI is InChI=1S/C47H88O4/c1-4-6-8-10-12-14-16-18-20-22-24-26-28-30-32-34-36-38-40-42-46(48)50-44-45(3)51-47(49)43-41-39-37-35-33-31-29-27-25-23-21-19-17-15-13-11-9-7-5-2/h18-21,45H,4-17,22-44H2,1-3H3/b20-18-,21-19-. The van der Waals surface area contributed by atoms with Crippen molar-refractivity contribution in [3.63, 3.8) is 0 Å². The quantitative estimate of drug-likeness (QED) is 0.0359. The van der Waals surface area contributed by atoms with Gasteiger partial charge in [0, 0.05) is 12.8 Å². The van der Waals surface area contributed by atoms with E-state index in [4.69, 9.17) is 9.47 Å². The zero-order valence-electron chi connectivity index (χ0n) is 34.7. The molecule has 0 aliphatic rings. The van der Waals surface area contributed by atoms with Gasteiger partial charge in [-0.2, -0.15) is 0 Å². The first-order valence-electron chi connectivity index (χ1n) is 22.7. The van der Waals surface area contributed by atoms with E-state index in [0.29, 0.717) is 12.8 Å². The first-order chi connectivity index (χ1) is 25.1. The molecule has 0 bridgehead atoms. The van der Waals surface area contributed by atoms with Crippen molar-refractivity contribution in [2.45, 2.75) is 258 Å². The van der Waals surface area contributed by atoms with E-state index < -0.39 is 0 Å². The molecule has 51 heavy (non-hydrogen) atoms. The summed E-state index contributed by atoms with van der Waals surface area (Å²) in [4.78, 5) is 24.3. The highest BCUT2D eigenvalue weighted by Crippen LogP contribution is 2.15. The summed E-state index contributed by atoms with van der Waals surface area (Å²) in [5, 5.41) is 0. The van der Waals surface area contributed by atoms with Crippen LogP contribution in [0.1, 0.15) is 252 Å². The van der Waals surface area contributed by atoms with Gasteiger partial charge in [-0.25, -0.2) is 0 Å². The van der Waals surface area contributed by atoms with Gasteiger partial charge in [-0.05, 0) is 71.1 Å². The van der Waals surface area contributed by atoms with Crippen molar-refractivity contribution < 1.29 is 19.1 Å². The summed E-state index contributed by atoms with van der Waals surface area (Å²) in [6.07, 6.45) is 53.9. The summed E-state index contributed by atoms with van der Waals surface area (Å²) in [5.74, 6) is -0.343. The Morgan fingerprint density at radius 3 is 1.00 bits per heavy atom. The van der Waals surface area contributed by atoms with Crippen LogP contribution in [0.25, 0.3) is 0 Å². The van der Waals surface area contributed by atoms with Crippen molar-refractivity contribution >= 4 is 11.9 Å². The van der Waals surface area contributed by atoms with Crippen LogP contribution in [0.15, 0.2) is 24.3 Å². The first-order valence-corrected chi connectivity index (χ1v) is 22.7. The average molecular weight is 717 g/mol. The predicted octanol–water partition coefficient (Wildman–Crippen LogP) is 15.7. The molecule has 0 aliphatic carbocycles. The molecule has 0 radical (unpaired) electrons. The molecule has 0 rings (SSSR count). The van der Waals surface area contributed by atoms with E-state index in [9.17, 15) is 9.59 Å². The Hall–Kier alpha value is -1.58. The number of unbranched alkanes of at least 4 members (excludes halogenated alkanes) is 30. The summed E-state index contributed by atoms with van der Waals surface area (Å²) in [7, 11) is 0. The predicted molar refractivity (Wildman–Crippen MR) is 222 cm³/mol. The molecule has 4 nitrogen and oxygen atoms in total. The molecule has 0 saturated carbocycles. The summed E-state index contributed by atoms with van der Waals surface area (Å²) in [5.41, 5.74) is 0. The molecule has 0 saturated heterocycles. The maximum Gasteiger partial charge on any atom is 0.306 e. The Kier molecular flexibility index (Phi) is 41.5. The number of allylic oxidation sites excluding steroid dienone is 4. The van der Waals surface area contributed by atoms with E-state index in [1.807, 2.05) is 6.92 Å². The van der Waals surface area contributed by atoms with Crippen molar-refractivity contribution in [2.75, 3.05) is 6.61 Å². The number of carbonyl (C=O) groups is 2. The lowest BCUT2D eigenvalue weighted by Crippen LogP contribution is -2.22.